The number of aromatic amines is 1. The van der Waals surface area contributed by atoms with Gasteiger partial charge in [0, 0.05) is 49.3 Å². The summed E-state index contributed by atoms with van der Waals surface area (Å²) >= 11 is 0. The number of hydrogen-bond acceptors (Lipinski definition) is 3. The van der Waals surface area contributed by atoms with E-state index in [-0.39, 0.29) is 12.0 Å². The number of amides is 1. The highest BCUT2D eigenvalue weighted by Gasteiger charge is 2.31. The predicted molar refractivity (Wildman–Crippen MR) is 98.4 cm³/mol. The first-order chi connectivity index (χ1) is 12.2. The molecule has 1 aromatic heterocycles. The lowest BCUT2D eigenvalue weighted by atomic mass is 9.91. The smallest absolute Gasteiger partial charge is 0.227 e. The van der Waals surface area contributed by atoms with Gasteiger partial charge in [0.2, 0.25) is 5.91 Å². The van der Waals surface area contributed by atoms with Crippen LogP contribution in [-0.2, 0) is 11.2 Å². The zero-order valence-electron chi connectivity index (χ0n) is 14.7. The molecule has 1 amide bonds. The van der Waals surface area contributed by atoms with E-state index in [0.717, 1.165) is 61.9 Å². The van der Waals surface area contributed by atoms with E-state index in [1.807, 2.05) is 29.3 Å². The van der Waals surface area contributed by atoms with Crippen LogP contribution < -0.4 is 0 Å². The lowest BCUT2D eigenvalue weighted by Gasteiger charge is -2.42. The highest BCUT2D eigenvalue weighted by Crippen LogP contribution is 2.24. The summed E-state index contributed by atoms with van der Waals surface area (Å²) in [5.74, 6) is 0.202. The number of aromatic nitrogens is 1. The van der Waals surface area contributed by atoms with Gasteiger partial charge in [0.05, 0.1) is 12.5 Å². The average molecular weight is 341 g/mol. The van der Waals surface area contributed by atoms with Crippen molar-refractivity contribution in [2.45, 2.75) is 44.2 Å². The van der Waals surface area contributed by atoms with Crippen LogP contribution in [0.3, 0.4) is 0 Å². The normalized spacial score (nSPS) is 25.4. The number of benzene rings is 1. The molecule has 25 heavy (non-hydrogen) atoms. The quantitative estimate of drug-likeness (QED) is 0.899. The van der Waals surface area contributed by atoms with Crippen LogP contribution in [0.1, 0.15) is 31.2 Å². The number of hydrogen-bond donors (Lipinski definition) is 2. The Bertz CT molecular complexity index is 733. The first-order valence-corrected chi connectivity index (χ1v) is 9.47. The Morgan fingerprint density at radius 2 is 1.88 bits per heavy atom. The Balaban J connectivity index is 1.35. The molecule has 5 nitrogen and oxygen atoms in total. The second-order valence-corrected chi connectivity index (χ2v) is 7.37. The van der Waals surface area contributed by atoms with Crippen LogP contribution in [0.2, 0.25) is 0 Å². The average Bonchev–Trinajstić information content (AvgIpc) is 3.05. The molecule has 0 radical (unpaired) electrons. The van der Waals surface area contributed by atoms with Crippen molar-refractivity contribution in [1.29, 1.82) is 0 Å². The van der Waals surface area contributed by atoms with Gasteiger partial charge in [0.15, 0.2) is 0 Å². The number of fused-ring (bicyclic) bond motifs is 1. The van der Waals surface area contributed by atoms with E-state index in [1.165, 1.54) is 6.42 Å². The molecule has 4 rings (SSSR count). The second-order valence-electron chi connectivity index (χ2n) is 7.37. The number of nitrogens with one attached hydrogen (secondary N) is 1. The Hall–Kier alpha value is -1.85. The van der Waals surface area contributed by atoms with Crippen molar-refractivity contribution < 1.29 is 9.90 Å². The summed E-state index contributed by atoms with van der Waals surface area (Å²) in [5, 5.41) is 11.4. The van der Waals surface area contributed by atoms with Gasteiger partial charge in [-0.2, -0.15) is 0 Å². The molecule has 1 aromatic carbocycles. The number of piperazine rings is 1. The summed E-state index contributed by atoms with van der Waals surface area (Å²) in [4.78, 5) is 20.3. The van der Waals surface area contributed by atoms with Crippen molar-refractivity contribution in [2.24, 2.45) is 0 Å². The number of H-pyrrole nitrogens is 1. The molecule has 2 N–H and O–H groups in total. The van der Waals surface area contributed by atoms with Gasteiger partial charge in [-0.15, -0.1) is 0 Å². The van der Waals surface area contributed by atoms with Crippen molar-refractivity contribution in [2.75, 3.05) is 26.2 Å². The molecule has 1 aliphatic carbocycles. The highest BCUT2D eigenvalue weighted by molar-refractivity contribution is 5.88. The molecule has 5 heteroatoms. The van der Waals surface area contributed by atoms with Crippen LogP contribution in [0.5, 0.6) is 0 Å². The van der Waals surface area contributed by atoms with Crippen molar-refractivity contribution in [3.8, 4) is 0 Å². The largest absolute Gasteiger partial charge is 0.391 e. The lowest BCUT2D eigenvalue weighted by Crippen LogP contribution is -2.55. The molecule has 1 aliphatic heterocycles. The Labute approximate surface area is 148 Å². The van der Waals surface area contributed by atoms with Crippen LogP contribution in [0.4, 0.5) is 0 Å². The fourth-order valence-corrected chi connectivity index (χ4v) is 4.37. The molecule has 1 saturated heterocycles. The predicted octanol–water partition coefficient (Wildman–Crippen LogP) is 2.16. The monoisotopic (exact) mass is 341 g/mol. The maximum absolute atomic E-state index is 12.7. The maximum Gasteiger partial charge on any atom is 0.227 e. The van der Waals surface area contributed by atoms with Gasteiger partial charge < -0.3 is 15.0 Å². The number of carbonyl (C=O) groups is 1. The first-order valence-electron chi connectivity index (χ1n) is 9.47. The van der Waals surface area contributed by atoms with Crippen molar-refractivity contribution in [1.82, 2.24) is 14.8 Å². The second kappa shape index (κ2) is 7.18. The Morgan fingerprint density at radius 1 is 1.12 bits per heavy atom. The molecule has 2 aliphatic rings. The number of rotatable bonds is 3. The van der Waals surface area contributed by atoms with Crippen LogP contribution >= 0.6 is 0 Å². The molecule has 134 valence electrons. The van der Waals surface area contributed by atoms with Crippen LogP contribution in [0, 0.1) is 0 Å². The summed E-state index contributed by atoms with van der Waals surface area (Å²) in [6.07, 6.45) is 6.58. The van der Waals surface area contributed by atoms with E-state index in [9.17, 15) is 9.90 Å². The van der Waals surface area contributed by atoms with E-state index < -0.39 is 0 Å². The number of carbonyl (C=O) groups excluding carboxylic acids is 1. The van der Waals surface area contributed by atoms with Gasteiger partial charge in [-0.1, -0.05) is 31.0 Å². The molecule has 2 fully saturated rings. The van der Waals surface area contributed by atoms with E-state index in [0.29, 0.717) is 12.5 Å². The van der Waals surface area contributed by atoms with Crippen LogP contribution in [0.15, 0.2) is 30.5 Å². The minimum atomic E-state index is -0.192. The third-order valence-corrected chi connectivity index (χ3v) is 5.85. The SMILES string of the molecule is O=C(Cc1c[nH]c2ccccc12)N1CCN(C2CCCCC2O)CC1. The highest BCUT2D eigenvalue weighted by atomic mass is 16.3. The van der Waals surface area contributed by atoms with Gasteiger partial charge in [0.25, 0.3) is 0 Å². The molecule has 2 atom stereocenters. The fraction of sp³-hybridized carbons (Fsp3) is 0.550. The minimum absolute atomic E-state index is 0.192. The molecular weight excluding hydrogens is 314 g/mol. The molecule has 2 heterocycles. The molecule has 0 bridgehead atoms. The Kier molecular flexibility index (Phi) is 4.77. The van der Waals surface area contributed by atoms with Crippen LogP contribution in [-0.4, -0.2) is 64.1 Å². The summed E-state index contributed by atoms with van der Waals surface area (Å²) in [6.45, 7) is 3.29. The lowest BCUT2D eigenvalue weighted by molar-refractivity contribution is -0.133. The van der Waals surface area contributed by atoms with Gasteiger partial charge in [-0.05, 0) is 24.5 Å². The minimum Gasteiger partial charge on any atom is -0.391 e. The van der Waals surface area contributed by atoms with Gasteiger partial charge in [-0.3, -0.25) is 9.69 Å². The zero-order valence-corrected chi connectivity index (χ0v) is 14.7. The van der Waals surface area contributed by atoms with E-state index in [2.05, 4.69) is 16.0 Å². The first kappa shape index (κ1) is 16.6. The zero-order chi connectivity index (χ0) is 17.2. The third kappa shape index (κ3) is 3.44. The summed E-state index contributed by atoms with van der Waals surface area (Å²) in [7, 11) is 0. The summed E-state index contributed by atoms with van der Waals surface area (Å²) < 4.78 is 0. The Morgan fingerprint density at radius 3 is 2.68 bits per heavy atom. The fourth-order valence-electron chi connectivity index (χ4n) is 4.37. The van der Waals surface area contributed by atoms with Crippen LogP contribution in [0.25, 0.3) is 10.9 Å². The van der Waals surface area contributed by atoms with Gasteiger partial charge >= 0.3 is 0 Å². The van der Waals surface area contributed by atoms with E-state index >= 15 is 0 Å². The van der Waals surface area contributed by atoms with Crippen molar-refractivity contribution >= 4 is 16.8 Å². The van der Waals surface area contributed by atoms with Crippen molar-refractivity contribution in [3.05, 3.63) is 36.0 Å². The van der Waals surface area contributed by atoms with Crippen molar-refractivity contribution in [3.63, 3.8) is 0 Å². The number of para-hydroxylation sites is 1. The molecule has 2 aromatic rings. The standard InChI is InChI=1S/C20H27N3O2/c24-19-8-4-3-7-18(19)22-9-11-23(12-10-22)20(25)13-15-14-21-17-6-2-1-5-16(15)17/h1-2,5-6,14,18-19,21,24H,3-4,7-13H2. The molecule has 0 spiro atoms. The number of nitrogens with zero attached hydrogens (tertiary/aromatic N) is 2. The molecule has 1 saturated carbocycles. The topological polar surface area (TPSA) is 59.6 Å². The van der Waals surface area contributed by atoms with E-state index in [1.54, 1.807) is 0 Å². The third-order valence-electron chi connectivity index (χ3n) is 5.85. The number of aliphatic hydroxyl groups is 1. The summed E-state index contributed by atoms with van der Waals surface area (Å²) in [6, 6.07) is 8.41. The maximum atomic E-state index is 12.7. The number of aliphatic hydroxyl groups excluding tert-OH is 1. The molecule has 2 unspecified atom stereocenters. The van der Waals surface area contributed by atoms with Gasteiger partial charge in [-0.25, -0.2) is 0 Å². The van der Waals surface area contributed by atoms with E-state index in [4.69, 9.17) is 0 Å². The summed E-state index contributed by atoms with van der Waals surface area (Å²) in [5.41, 5.74) is 2.16. The molecular formula is C20H27N3O2. The van der Waals surface area contributed by atoms with Gasteiger partial charge in [0.1, 0.15) is 0 Å².